The number of aryl methyl sites for hydroxylation is 1. The zero-order valence-electron chi connectivity index (χ0n) is 8.13. The first-order valence-electron chi connectivity index (χ1n) is 4.72. The minimum absolute atomic E-state index is 0.459. The van der Waals surface area contributed by atoms with E-state index in [9.17, 15) is 4.39 Å². The van der Waals surface area contributed by atoms with Gasteiger partial charge in [0.15, 0.2) is 0 Å². The first-order valence-corrected chi connectivity index (χ1v) is 5.51. The number of hydrogen-bond donors (Lipinski definition) is 1. The van der Waals surface area contributed by atoms with Gasteiger partial charge in [0, 0.05) is 4.47 Å². The van der Waals surface area contributed by atoms with Crippen molar-refractivity contribution in [1.29, 1.82) is 0 Å². The van der Waals surface area contributed by atoms with Gasteiger partial charge in [-0.3, -0.25) is 0 Å². The van der Waals surface area contributed by atoms with E-state index < -0.39 is 12.8 Å². The molecule has 0 saturated heterocycles. The number of aliphatic hydroxyl groups is 1. The van der Waals surface area contributed by atoms with E-state index in [1.807, 2.05) is 6.07 Å². The molecule has 14 heavy (non-hydrogen) atoms. The standard InChI is InChI=1S/C11H14BrFO/c1-2-3-8-4-5-9(6-10(8)12)11(13)7-14/h4-6,11,14H,2-3,7H2,1H3. The lowest BCUT2D eigenvalue weighted by Gasteiger charge is -2.08. The highest BCUT2D eigenvalue weighted by Gasteiger charge is 2.09. The largest absolute Gasteiger partial charge is 0.393 e. The Morgan fingerprint density at radius 1 is 1.50 bits per heavy atom. The molecule has 0 aromatic heterocycles. The summed E-state index contributed by atoms with van der Waals surface area (Å²) in [6.07, 6.45) is 0.774. The maximum Gasteiger partial charge on any atom is 0.148 e. The number of rotatable bonds is 4. The molecule has 78 valence electrons. The van der Waals surface area contributed by atoms with Crippen LogP contribution in [0.1, 0.15) is 30.6 Å². The normalized spacial score (nSPS) is 12.9. The van der Waals surface area contributed by atoms with Gasteiger partial charge >= 0.3 is 0 Å². The number of halogens is 2. The molecule has 1 N–H and O–H groups in total. The van der Waals surface area contributed by atoms with Crippen LogP contribution in [0.3, 0.4) is 0 Å². The third-order valence-electron chi connectivity index (χ3n) is 2.12. The van der Waals surface area contributed by atoms with Gasteiger partial charge in [-0.15, -0.1) is 0 Å². The maximum absolute atomic E-state index is 13.1. The van der Waals surface area contributed by atoms with Crippen LogP contribution in [-0.2, 0) is 6.42 Å². The van der Waals surface area contributed by atoms with Crippen molar-refractivity contribution in [3.05, 3.63) is 33.8 Å². The first-order chi connectivity index (χ1) is 6.69. The molecule has 0 aliphatic carbocycles. The molecular weight excluding hydrogens is 247 g/mol. The average Bonchev–Trinajstić information content (AvgIpc) is 2.20. The zero-order chi connectivity index (χ0) is 10.6. The molecule has 1 rings (SSSR count). The molecule has 1 atom stereocenters. The highest BCUT2D eigenvalue weighted by Crippen LogP contribution is 2.25. The number of aliphatic hydroxyl groups excluding tert-OH is 1. The highest BCUT2D eigenvalue weighted by atomic mass is 79.9. The van der Waals surface area contributed by atoms with Crippen molar-refractivity contribution in [2.75, 3.05) is 6.61 Å². The van der Waals surface area contributed by atoms with Gasteiger partial charge in [0.1, 0.15) is 6.17 Å². The van der Waals surface area contributed by atoms with E-state index in [0.717, 1.165) is 17.3 Å². The van der Waals surface area contributed by atoms with Gasteiger partial charge in [-0.05, 0) is 23.6 Å². The van der Waals surface area contributed by atoms with Crippen molar-refractivity contribution in [2.45, 2.75) is 25.9 Å². The second kappa shape index (κ2) is 5.47. The summed E-state index contributed by atoms with van der Waals surface area (Å²) < 4.78 is 14.0. The molecule has 0 spiro atoms. The third-order valence-corrected chi connectivity index (χ3v) is 2.86. The molecule has 0 aliphatic rings. The van der Waals surface area contributed by atoms with Crippen LogP contribution in [0, 0.1) is 0 Å². The fraction of sp³-hybridized carbons (Fsp3) is 0.455. The van der Waals surface area contributed by atoms with E-state index in [4.69, 9.17) is 5.11 Å². The van der Waals surface area contributed by atoms with Crippen LogP contribution >= 0.6 is 15.9 Å². The predicted octanol–water partition coefficient (Wildman–Crippen LogP) is 3.40. The lowest BCUT2D eigenvalue weighted by atomic mass is 10.1. The summed E-state index contributed by atoms with van der Waals surface area (Å²) in [4.78, 5) is 0. The van der Waals surface area contributed by atoms with Crippen LogP contribution in [0.25, 0.3) is 0 Å². The van der Waals surface area contributed by atoms with Gasteiger partial charge in [0.25, 0.3) is 0 Å². The summed E-state index contributed by atoms with van der Waals surface area (Å²) in [5.74, 6) is 0. The summed E-state index contributed by atoms with van der Waals surface area (Å²) in [5, 5.41) is 8.66. The summed E-state index contributed by atoms with van der Waals surface area (Å²) in [7, 11) is 0. The molecule has 1 unspecified atom stereocenters. The number of benzene rings is 1. The SMILES string of the molecule is CCCc1ccc(C(F)CO)cc1Br. The smallest absolute Gasteiger partial charge is 0.148 e. The predicted molar refractivity (Wildman–Crippen MR) is 59.1 cm³/mol. The van der Waals surface area contributed by atoms with E-state index in [1.54, 1.807) is 12.1 Å². The Hall–Kier alpha value is -0.410. The van der Waals surface area contributed by atoms with Gasteiger partial charge in [-0.25, -0.2) is 4.39 Å². The Morgan fingerprint density at radius 2 is 2.21 bits per heavy atom. The molecule has 0 aliphatic heterocycles. The fourth-order valence-corrected chi connectivity index (χ4v) is 1.93. The van der Waals surface area contributed by atoms with Crippen LogP contribution in [0.2, 0.25) is 0 Å². The summed E-state index contributed by atoms with van der Waals surface area (Å²) >= 11 is 3.40. The second-order valence-corrected chi connectivity index (χ2v) is 4.11. The lowest BCUT2D eigenvalue weighted by molar-refractivity contribution is 0.180. The van der Waals surface area contributed by atoms with Crippen LogP contribution in [0.15, 0.2) is 22.7 Å². The Bertz CT molecular complexity index is 301. The van der Waals surface area contributed by atoms with Crippen molar-refractivity contribution in [2.24, 2.45) is 0 Å². The molecule has 0 saturated carbocycles. The summed E-state index contributed by atoms with van der Waals surface area (Å²) in [5.41, 5.74) is 1.71. The number of alkyl halides is 1. The minimum Gasteiger partial charge on any atom is -0.393 e. The molecule has 0 amide bonds. The Balaban J connectivity index is 2.88. The third kappa shape index (κ3) is 2.79. The van der Waals surface area contributed by atoms with Crippen LogP contribution < -0.4 is 0 Å². The first kappa shape index (κ1) is 11.7. The molecule has 0 heterocycles. The quantitative estimate of drug-likeness (QED) is 0.880. The Labute approximate surface area is 92.1 Å². The molecule has 0 fully saturated rings. The van der Waals surface area contributed by atoms with Crippen molar-refractivity contribution in [3.8, 4) is 0 Å². The highest BCUT2D eigenvalue weighted by molar-refractivity contribution is 9.10. The summed E-state index contributed by atoms with van der Waals surface area (Å²) in [6, 6.07) is 5.38. The second-order valence-electron chi connectivity index (χ2n) is 3.25. The van der Waals surface area contributed by atoms with Crippen molar-refractivity contribution < 1.29 is 9.50 Å². The van der Waals surface area contributed by atoms with Crippen LogP contribution in [0.5, 0.6) is 0 Å². The zero-order valence-corrected chi connectivity index (χ0v) is 9.72. The molecule has 3 heteroatoms. The van der Waals surface area contributed by atoms with E-state index in [2.05, 4.69) is 22.9 Å². The summed E-state index contributed by atoms with van der Waals surface area (Å²) in [6.45, 7) is 1.64. The van der Waals surface area contributed by atoms with Gasteiger partial charge < -0.3 is 5.11 Å². The minimum atomic E-state index is -1.28. The van der Waals surface area contributed by atoms with Gasteiger partial charge in [-0.1, -0.05) is 41.4 Å². The molecular formula is C11H14BrFO. The van der Waals surface area contributed by atoms with Gasteiger partial charge in [0.05, 0.1) is 6.61 Å². The van der Waals surface area contributed by atoms with Gasteiger partial charge in [-0.2, -0.15) is 0 Å². The fourth-order valence-electron chi connectivity index (χ4n) is 1.34. The molecule has 1 aromatic rings. The molecule has 0 bridgehead atoms. The molecule has 1 aromatic carbocycles. The lowest BCUT2D eigenvalue weighted by Crippen LogP contribution is -1.98. The molecule has 0 radical (unpaired) electrons. The van der Waals surface area contributed by atoms with Crippen molar-refractivity contribution in [1.82, 2.24) is 0 Å². The Kier molecular flexibility index (Phi) is 4.55. The maximum atomic E-state index is 13.1. The monoisotopic (exact) mass is 260 g/mol. The molecule has 1 nitrogen and oxygen atoms in total. The van der Waals surface area contributed by atoms with E-state index >= 15 is 0 Å². The van der Waals surface area contributed by atoms with Gasteiger partial charge in [0.2, 0.25) is 0 Å². The average molecular weight is 261 g/mol. The van der Waals surface area contributed by atoms with Crippen LogP contribution in [-0.4, -0.2) is 11.7 Å². The van der Waals surface area contributed by atoms with E-state index in [1.165, 1.54) is 5.56 Å². The topological polar surface area (TPSA) is 20.2 Å². The van der Waals surface area contributed by atoms with E-state index in [-0.39, 0.29) is 0 Å². The van der Waals surface area contributed by atoms with Crippen LogP contribution in [0.4, 0.5) is 4.39 Å². The number of hydrogen-bond acceptors (Lipinski definition) is 1. The Morgan fingerprint density at radius 3 is 2.71 bits per heavy atom. The van der Waals surface area contributed by atoms with E-state index in [0.29, 0.717) is 5.56 Å². The van der Waals surface area contributed by atoms with Crippen molar-refractivity contribution in [3.63, 3.8) is 0 Å². The van der Waals surface area contributed by atoms with Crippen molar-refractivity contribution >= 4 is 15.9 Å².